The fraction of sp³-hybridized carbons (Fsp3) is 0.455. The lowest BCUT2D eigenvalue weighted by Crippen LogP contribution is -2.35. The Hall–Kier alpha value is -0.710. The zero-order chi connectivity index (χ0) is 11.4. The molecular weight excluding hydrogens is 234 g/mol. The summed E-state index contributed by atoms with van der Waals surface area (Å²) in [5.74, 6) is -1.02. The van der Waals surface area contributed by atoms with Crippen molar-refractivity contribution in [3.05, 3.63) is 35.4 Å². The van der Waals surface area contributed by atoms with Crippen LogP contribution in [0.2, 0.25) is 0 Å². The number of hydrogen-bond donors (Lipinski definition) is 1. The van der Waals surface area contributed by atoms with Gasteiger partial charge in [-0.25, -0.2) is 8.78 Å². The first-order valence-electron chi connectivity index (χ1n) is 4.89. The van der Waals surface area contributed by atoms with Crippen molar-refractivity contribution in [2.75, 3.05) is 13.6 Å². The summed E-state index contributed by atoms with van der Waals surface area (Å²) in [6, 6.07) is 3.99. The third kappa shape index (κ3) is 3.70. The van der Waals surface area contributed by atoms with E-state index in [0.29, 0.717) is 6.54 Å². The SMILES string of the molecule is CC(CN)N(C)Cc1c(F)cccc1F.Cl. The third-order valence-electron chi connectivity index (χ3n) is 2.56. The van der Waals surface area contributed by atoms with Crippen LogP contribution in [0.25, 0.3) is 0 Å². The normalized spacial score (nSPS) is 12.4. The van der Waals surface area contributed by atoms with E-state index in [0.717, 1.165) is 0 Å². The topological polar surface area (TPSA) is 29.3 Å². The quantitative estimate of drug-likeness (QED) is 0.888. The van der Waals surface area contributed by atoms with E-state index in [-0.39, 0.29) is 30.6 Å². The average Bonchev–Trinajstić information content (AvgIpc) is 2.22. The van der Waals surface area contributed by atoms with E-state index in [1.54, 1.807) is 7.05 Å². The molecule has 1 atom stereocenters. The molecule has 0 spiro atoms. The molecule has 2 N–H and O–H groups in total. The maximum atomic E-state index is 13.3. The molecule has 0 fully saturated rings. The van der Waals surface area contributed by atoms with Crippen LogP contribution in [0, 0.1) is 11.6 Å². The summed E-state index contributed by atoms with van der Waals surface area (Å²) in [6.07, 6.45) is 0. The first-order valence-corrected chi connectivity index (χ1v) is 4.89. The second-order valence-electron chi connectivity index (χ2n) is 3.70. The van der Waals surface area contributed by atoms with E-state index in [1.165, 1.54) is 18.2 Å². The molecule has 1 aromatic rings. The lowest BCUT2D eigenvalue weighted by atomic mass is 10.1. The molecule has 0 heterocycles. The minimum absolute atomic E-state index is 0. The van der Waals surface area contributed by atoms with E-state index in [4.69, 9.17) is 5.73 Å². The van der Waals surface area contributed by atoms with Crippen molar-refractivity contribution >= 4 is 12.4 Å². The fourth-order valence-corrected chi connectivity index (χ4v) is 1.27. The molecule has 5 heteroatoms. The van der Waals surface area contributed by atoms with Gasteiger partial charge in [0, 0.05) is 24.7 Å². The number of halogens is 3. The zero-order valence-electron chi connectivity index (χ0n) is 9.41. The lowest BCUT2D eigenvalue weighted by molar-refractivity contribution is 0.247. The molecule has 0 amide bonds. The van der Waals surface area contributed by atoms with Crippen LogP contribution in [0.3, 0.4) is 0 Å². The summed E-state index contributed by atoms with van der Waals surface area (Å²) in [5, 5.41) is 0. The highest BCUT2D eigenvalue weighted by molar-refractivity contribution is 5.85. The van der Waals surface area contributed by atoms with Crippen LogP contribution in [0.15, 0.2) is 18.2 Å². The summed E-state index contributed by atoms with van der Waals surface area (Å²) < 4.78 is 26.6. The number of rotatable bonds is 4. The number of likely N-dealkylation sites (N-methyl/N-ethyl adjacent to an activating group) is 1. The Morgan fingerprint density at radius 1 is 1.31 bits per heavy atom. The average molecular weight is 251 g/mol. The van der Waals surface area contributed by atoms with Gasteiger partial charge in [0.05, 0.1) is 0 Å². The monoisotopic (exact) mass is 250 g/mol. The first-order chi connectivity index (χ1) is 7.06. The predicted molar refractivity (Wildman–Crippen MR) is 63.6 cm³/mol. The third-order valence-corrected chi connectivity index (χ3v) is 2.56. The maximum absolute atomic E-state index is 13.3. The molecular formula is C11H17ClF2N2. The van der Waals surface area contributed by atoms with Gasteiger partial charge in [-0.3, -0.25) is 4.90 Å². The summed E-state index contributed by atoms with van der Waals surface area (Å²) >= 11 is 0. The lowest BCUT2D eigenvalue weighted by Gasteiger charge is -2.23. The molecule has 1 unspecified atom stereocenters. The smallest absolute Gasteiger partial charge is 0.130 e. The van der Waals surface area contributed by atoms with Crippen molar-refractivity contribution < 1.29 is 8.78 Å². The standard InChI is InChI=1S/C11H16F2N2.ClH/c1-8(6-14)15(2)7-9-10(12)4-3-5-11(9)13;/h3-5,8H,6-7,14H2,1-2H3;1H. The van der Waals surface area contributed by atoms with Crippen molar-refractivity contribution in [3.63, 3.8) is 0 Å². The second kappa shape index (κ2) is 6.78. The highest BCUT2D eigenvalue weighted by Crippen LogP contribution is 2.14. The van der Waals surface area contributed by atoms with Crippen molar-refractivity contribution in [2.24, 2.45) is 5.73 Å². The van der Waals surface area contributed by atoms with Gasteiger partial charge in [0.15, 0.2) is 0 Å². The Balaban J connectivity index is 0.00000225. The summed E-state index contributed by atoms with van der Waals surface area (Å²) in [7, 11) is 1.80. The number of nitrogens with zero attached hydrogens (tertiary/aromatic N) is 1. The summed E-state index contributed by atoms with van der Waals surface area (Å²) in [5.41, 5.74) is 5.57. The van der Waals surface area contributed by atoms with Gasteiger partial charge in [-0.05, 0) is 26.1 Å². The summed E-state index contributed by atoms with van der Waals surface area (Å²) in [6.45, 7) is 2.61. The van der Waals surface area contributed by atoms with Gasteiger partial charge in [0.1, 0.15) is 11.6 Å². The van der Waals surface area contributed by atoms with Crippen LogP contribution in [-0.4, -0.2) is 24.5 Å². The molecule has 0 aromatic heterocycles. The molecule has 92 valence electrons. The van der Waals surface area contributed by atoms with E-state index in [1.807, 2.05) is 11.8 Å². The molecule has 16 heavy (non-hydrogen) atoms. The molecule has 2 nitrogen and oxygen atoms in total. The number of hydrogen-bond acceptors (Lipinski definition) is 2. The maximum Gasteiger partial charge on any atom is 0.130 e. The molecule has 0 bridgehead atoms. The molecule has 0 saturated heterocycles. The van der Waals surface area contributed by atoms with Gasteiger partial charge in [-0.15, -0.1) is 12.4 Å². The fourth-order valence-electron chi connectivity index (χ4n) is 1.27. The Bertz CT molecular complexity index is 314. The van der Waals surface area contributed by atoms with Gasteiger partial charge in [0.2, 0.25) is 0 Å². The van der Waals surface area contributed by atoms with Gasteiger partial charge < -0.3 is 5.73 Å². The van der Waals surface area contributed by atoms with Gasteiger partial charge >= 0.3 is 0 Å². The van der Waals surface area contributed by atoms with Crippen molar-refractivity contribution in [1.29, 1.82) is 0 Å². The molecule has 0 saturated carbocycles. The van der Waals surface area contributed by atoms with Crippen LogP contribution in [0.1, 0.15) is 12.5 Å². The Kier molecular flexibility index (Phi) is 6.48. The molecule has 0 aliphatic carbocycles. The van der Waals surface area contributed by atoms with E-state index < -0.39 is 11.6 Å². The van der Waals surface area contributed by atoms with E-state index in [9.17, 15) is 8.78 Å². The number of benzene rings is 1. The zero-order valence-corrected chi connectivity index (χ0v) is 10.2. The van der Waals surface area contributed by atoms with Crippen LogP contribution in [0.4, 0.5) is 8.78 Å². The second-order valence-corrected chi connectivity index (χ2v) is 3.70. The van der Waals surface area contributed by atoms with Gasteiger partial charge in [0.25, 0.3) is 0 Å². The molecule has 1 rings (SSSR count). The highest BCUT2D eigenvalue weighted by atomic mass is 35.5. The van der Waals surface area contributed by atoms with E-state index in [2.05, 4.69) is 0 Å². The van der Waals surface area contributed by atoms with E-state index >= 15 is 0 Å². The predicted octanol–water partition coefficient (Wildman–Crippen LogP) is 2.17. The van der Waals surface area contributed by atoms with Crippen LogP contribution < -0.4 is 5.73 Å². The number of nitrogens with two attached hydrogens (primary N) is 1. The van der Waals surface area contributed by atoms with Crippen LogP contribution >= 0.6 is 12.4 Å². The minimum Gasteiger partial charge on any atom is -0.329 e. The molecule has 0 aliphatic heterocycles. The van der Waals surface area contributed by atoms with Crippen molar-refractivity contribution in [1.82, 2.24) is 4.90 Å². The van der Waals surface area contributed by atoms with Gasteiger partial charge in [-0.2, -0.15) is 0 Å². The van der Waals surface area contributed by atoms with Crippen LogP contribution in [0.5, 0.6) is 0 Å². The Labute approximate surface area is 101 Å². The Morgan fingerprint density at radius 2 is 1.81 bits per heavy atom. The largest absolute Gasteiger partial charge is 0.329 e. The van der Waals surface area contributed by atoms with Crippen molar-refractivity contribution in [2.45, 2.75) is 19.5 Å². The first kappa shape index (κ1) is 15.3. The summed E-state index contributed by atoms with van der Waals surface area (Å²) in [4.78, 5) is 1.82. The highest BCUT2D eigenvalue weighted by Gasteiger charge is 2.13. The molecule has 0 radical (unpaired) electrons. The van der Waals surface area contributed by atoms with Crippen molar-refractivity contribution in [3.8, 4) is 0 Å². The van der Waals surface area contributed by atoms with Crippen LogP contribution in [-0.2, 0) is 6.54 Å². The molecule has 1 aromatic carbocycles. The minimum atomic E-state index is -0.508. The molecule has 0 aliphatic rings. The Morgan fingerprint density at radius 3 is 2.25 bits per heavy atom. The van der Waals surface area contributed by atoms with Gasteiger partial charge in [-0.1, -0.05) is 6.07 Å².